The van der Waals surface area contributed by atoms with Crippen LogP contribution >= 0.6 is 0 Å². The zero-order valence-corrected chi connectivity index (χ0v) is 31.9. The van der Waals surface area contributed by atoms with E-state index >= 15 is 0 Å². The van der Waals surface area contributed by atoms with Crippen LogP contribution in [-0.4, -0.2) is 86.8 Å². The number of alkyl carbamates (subject to hydrolysis) is 2. The van der Waals surface area contributed by atoms with E-state index in [1.807, 2.05) is 36.4 Å². The van der Waals surface area contributed by atoms with Crippen molar-refractivity contribution in [1.82, 2.24) is 40.4 Å². The largest absolute Gasteiger partial charge is 0.453 e. The van der Waals surface area contributed by atoms with Gasteiger partial charge >= 0.3 is 12.2 Å². The Kier molecular flexibility index (Phi) is 10.6. The first-order valence-electron chi connectivity index (χ1n) is 19.2. The average molecular weight is 783 g/mol. The van der Waals surface area contributed by atoms with E-state index in [1.165, 1.54) is 14.2 Å². The number of nitrogens with zero attached hydrogens (tertiary/aromatic N) is 4. The molecule has 0 bridgehead atoms. The van der Waals surface area contributed by atoms with Gasteiger partial charge in [0.25, 0.3) is 11.8 Å². The lowest BCUT2D eigenvalue weighted by Crippen LogP contribution is -2.42. The number of rotatable bonds is 10. The Hall–Kier alpha value is -7.03. The van der Waals surface area contributed by atoms with Gasteiger partial charge in [-0.05, 0) is 73.2 Å². The number of carbonyl (C=O) groups is 5. The molecular weight excluding hydrogens is 741 g/mol. The van der Waals surface area contributed by atoms with E-state index in [4.69, 9.17) is 19.4 Å². The first kappa shape index (κ1) is 37.9. The highest BCUT2D eigenvalue weighted by molar-refractivity contribution is 6.11. The minimum Gasteiger partial charge on any atom is -0.453 e. The molecule has 0 aliphatic carbocycles. The van der Waals surface area contributed by atoms with Gasteiger partial charge in [0.1, 0.15) is 23.7 Å². The van der Waals surface area contributed by atoms with Gasteiger partial charge in [-0.15, -0.1) is 0 Å². The van der Waals surface area contributed by atoms with Crippen LogP contribution in [0.4, 0.5) is 9.59 Å². The third-order valence-corrected chi connectivity index (χ3v) is 10.9. The molecule has 4 N–H and O–H groups in total. The number of benzene rings is 4. The fourth-order valence-electron chi connectivity index (χ4n) is 8.00. The van der Waals surface area contributed by atoms with Crippen molar-refractivity contribution in [3.05, 3.63) is 131 Å². The summed E-state index contributed by atoms with van der Waals surface area (Å²) in [4.78, 5) is 86.1. The summed E-state index contributed by atoms with van der Waals surface area (Å²) in [5.41, 5.74) is 4.78. The molecule has 8 rings (SSSR count). The SMILES string of the molecule is COC(=O)N[C@@H](C(=O)N1CCC[C@H]1c1nc2ccc(C(=O)c3ccc4nc([C@@H]5CCCN5C(=O)[C@H](NC(=O)OC)c5ccccc5)[nH]c4c3)cc2[nH]1)c1ccccc1. The lowest BCUT2D eigenvalue weighted by molar-refractivity contribution is -0.135. The maximum absolute atomic E-state index is 14.0. The Bertz CT molecular complexity index is 2330. The molecule has 0 unspecified atom stereocenters. The number of amides is 4. The van der Waals surface area contributed by atoms with Crippen molar-refractivity contribution in [1.29, 1.82) is 0 Å². The molecule has 4 aromatic carbocycles. The minimum absolute atomic E-state index is 0.203. The molecule has 0 saturated carbocycles. The smallest absolute Gasteiger partial charge is 0.407 e. The van der Waals surface area contributed by atoms with Crippen LogP contribution in [0.1, 0.15) is 88.5 Å². The summed E-state index contributed by atoms with van der Waals surface area (Å²) in [5.74, 6) is 0.444. The van der Waals surface area contributed by atoms with E-state index in [0.717, 1.165) is 12.8 Å². The molecule has 2 aliphatic heterocycles. The van der Waals surface area contributed by atoms with Crippen LogP contribution in [-0.2, 0) is 19.1 Å². The van der Waals surface area contributed by atoms with Gasteiger partial charge in [-0.1, -0.05) is 60.7 Å². The molecule has 2 fully saturated rings. The van der Waals surface area contributed by atoms with Gasteiger partial charge in [0.2, 0.25) is 0 Å². The Morgan fingerprint density at radius 2 is 1.03 bits per heavy atom. The number of carbonyl (C=O) groups excluding carboxylic acids is 5. The van der Waals surface area contributed by atoms with Crippen LogP contribution in [0.5, 0.6) is 0 Å². The van der Waals surface area contributed by atoms with Crippen molar-refractivity contribution in [2.75, 3.05) is 27.3 Å². The maximum atomic E-state index is 14.0. The molecule has 4 atom stereocenters. The number of aromatic amines is 2. The van der Waals surface area contributed by atoms with E-state index in [9.17, 15) is 24.0 Å². The molecule has 58 heavy (non-hydrogen) atoms. The highest BCUT2D eigenvalue weighted by Gasteiger charge is 2.38. The fourth-order valence-corrected chi connectivity index (χ4v) is 8.00. The predicted octanol–water partition coefficient (Wildman–Crippen LogP) is 6.19. The predicted molar refractivity (Wildman–Crippen MR) is 212 cm³/mol. The summed E-state index contributed by atoms with van der Waals surface area (Å²) in [6.07, 6.45) is 1.45. The zero-order chi connectivity index (χ0) is 40.3. The molecule has 15 heteroatoms. The summed E-state index contributed by atoms with van der Waals surface area (Å²) >= 11 is 0. The molecule has 4 amide bonds. The van der Waals surface area contributed by atoms with E-state index in [1.54, 1.807) is 70.5 Å². The first-order chi connectivity index (χ1) is 28.2. The topological polar surface area (TPSA) is 192 Å². The summed E-state index contributed by atoms with van der Waals surface area (Å²) in [5, 5.41) is 5.37. The monoisotopic (exact) mass is 782 g/mol. The number of H-pyrrole nitrogens is 2. The molecule has 296 valence electrons. The van der Waals surface area contributed by atoms with Gasteiger partial charge < -0.3 is 39.9 Å². The molecule has 2 aliphatic rings. The lowest BCUT2D eigenvalue weighted by Gasteiger charge is -2.28. The number of likely N-dealkylation sites (tertiary alicyclic amines) is 2. The first-order valence-corrected chi connectivity index (χ1v) is 19.2. The quantitative estimate of drug-likeness (QED) is 0.117. The number of methoxy groups -OCH3 is 2. The molecular formula is C43H42N8O7. The van der Waals surface area contributed by atoms with Crippen LogP contribution in [0.3, 0.4) is 0 Å². The van der Waals surface area contributed by atoms with Gasteiger partial charge in [0.15, 0.2) is 5.78 Å². The maximum Gasteiger partial charge on any atom is 0.407 e. The number of ketones is 1. The Morgan fingerprint density at radius 1 is 0.621 bits per heavy atom. The van der Waals surface area contributed by atoms with Crippen LogP contribution in [0.25, 0.3) is 22.1 Å². The minimum atomic E-state index is -0.937. The Morgan fingerprint density at radius 3 is 1.43 bits per heavy atom. The highest BCUT2D eigenvalue weighted by Crippen LogP contribution is 2.36. The lowest BCUT2D eigenvalue weighted by atomic mass is 10.0. The van der Waals surface area contributed by atoms with Crippen molar-refractivity contribution < 1.29 is 33.4 Å². The van der Waals surface area contributed by atoms with E-state index < -0.39 is 24.3 Å². The van der Waals surface area contributed by atoms with E-state index in [-0.39, 0.29) is 29.7 Å². The van der Waals surface area contributed by atoms with Crippen molar-refractivity contribution in [2.24, 2.45) is 0 Å². The van der Waals surface area contributed by atoms with Crippen LogP contribution in [0.15, 0.2) is 97.1 Å². The normalized spacial score (nSPS) is 17.6. The number of ether oxygens (including phenoxy) is 2. The second-order valence-corrected chi connectivity index (χ2v) is 14.4. The molecule has 4 heterocycles. The molecule has 0 radical (unpaired) electrons. The highest BCUT2D eigenvalue weighted by atomic mass is 16.5. The fraction of sp³-hybridized carbons (Fsp3) is 0.279. The Balaban J connectivity index is 1.01. The van der Waals surface area contributed by atoms with Crippen molar-refractivity contribution in [3.8, 4) is 0 Å². The van der Waals surface area contributed by atoms with Gasteiger partial charge in [-0.25, -0.2) is 19.6 Å². The van der Waals surface area contributed by atoms with Crippen molar-refractivity contribution >= 4 is 51.9 Å². The van der Waals surface area contributed by atoms with Gasteiger partial charge in [-0.2, -0.15) is 0 Å². The molecule has 6 aromatic rings. The summed E-state index contributed by atoms with van der Waals surface area (Å²) in [7, 11) is 2.51. The summed E-state index contributed by atoms with van der Waals surface area (Å²) in [6.45, 7) is 0.980. The van der Waals surface area contributed by atoms with Crippen LogP contribution < -0.4 is 10.6 Å². The third-order valence-electron chi connectivity index (χ3n) is 10.9. The number of imidazole rings is 2. The zero-order valence-electron chi connectivity index (χ0n) is 31.9. The second kappa shape index (κ2) is 16.2. The Labute approximate surface area is 333 Å². The summed E-state index contributed by atoms with van der Waals surface area (Å²) < 4.78 is 9.64. The number of nitrogens with one attached hydrogen (secondary N) is 4. The number of fused-ring (bicyclic) bond motifs is 2. The molecule has 2 aromatic heterocycles. The van der Waals surface area contributed by atoms with E-state index in [2.05, 4.69) is 20.6 Å². The van der Waals surface area contributed by atoms with Gasteiger partial charge in [0, 0.05) is 24.2 Å². The summed E-state index contributed by atoms with van der Waals surface area (Å²) in [6, 6.07) is 26.0. The van der Waals surface area contributed by atoms with Crippen LogP contribution in [0, 0.1) is 0 Å². The van der Waals surface area contributed by atoms with E-state index in [0.29, 0.717) is 81.9 Å². The number of aromatic nitrogens is 4. The van der Waals surface area contributed by atoms with Crippen molar-refractivity contribution in [2.45, 2.75) is 49.9 Å². The van der Waals surface area contributed by atoms with Crippen molar-refractivity contribution in [3.63, 3.8) is 0 Å². The second-order valence-electron chi connectivity index (χ2n) is 14.4. The average Bonchev–Trinajstić information content (AvgIpc) is 4.09. The molecule has 2 saturated heterocycles. The molecule has 15 nitrogen and oxygen atoms in total. The van der Waals surface area contributed by atoms with Gasteiger partial charge in [-0.3, -0.25) is 14.4 Å². The standard InChI is InChI=1S/C43H42N8O7/c1-57-42(55)48-35(25-11-5-3-6-12-25)40(53)50-21-9-15-33(50)38-44-29-19-17-27(23-31(29)46-38)37(52)28-18-20-30-32(24-28)47-39(45-30)34-16-10-22-51(34)41(54)36(49-43(56)58-2)26-13-7-4-8-14-26/h3-8,11-14,17-20,23-24,33-36H,9-10,15-16,21-22H2,1-2H3,(H,44,46)(H,45,47)(H,48,55)(H,49,56)/t33-,34-,35+,36+/m0/s1. The van der Waals surface area contributed by atoms with Gasteiger partial charge in [0.05, 0.1) is 48.4 Å². The molecule has 0 spiro atoms. The number of hydrogen-bond donors (Lipinski definition) is 4. The number of hydrogen-bond acceptors (Lipinski definition) is 9. The van der Waals surface area contributed by atoms with Crippen LogP contribution in [0.2, 0.25) is 0 Å². The third kappa shape index (κ3) is 7.45.